The first-order chi connectivity index (χ1) is 8.74. The number of rotatable bonds is 9. The lowest BCUT2D eigenvalue weighted by Crippen LogP contribution is -2.50. The van der Waals surface area contributed by atoms with Gasteiger partial charge in [0.05, 0.1) is 6.61 Å². The summed E-state index contributed by atoms with van der Waals surface area (Å²) >= 11 is 0. The third-order valence-electron chi connectivity index (χ3n) is 3.09. The highest BCUT2D eigenvalue weighted by Gasteiger charge is 2.18. The van der Waals surface area contributed by atoms with Gasteiger partial charge in [0.15, 0.2) is 0 Å². The highest BCUT2D eigenvalue weighted by atomic mass is 16.5. The molecule has 0 aliphatic heterocycles. The molecule has 3 N–H and O–H groups in total. The van der Waals surface area contributed by atoms with Crippen molar-refractivity contribution in [2.45, 2.75) is 52.5 Å². The van der Waals surface area contributed by atoms with E-state index in [4.69, 9.17) is 10.6 Å². The molecule has 0 aromatic rings. The van der Waals surface area contributed by atoms with Gasteiger partial charge in [-0.3, -0.25) is 10.4 Å². The van der Waals surface area contributed by atoms with Crippen LogP contribution in [-0.2, 0) is 4.74 Å². The average Bonchev–Trinajstić information content (AvgIpc) is 2.40. The standard InChI is InChI=1S/C13H30N4O/c1-5-8-9-15-13(16-14)17(10-11-18-4)12(6-2)7-3/h12H,5-11,14H2,1-4H3,(H,15,16). The molecule has 0 unspecified atom stereocenters. The van der Waals surface area contributed by atoms with E-state index in [1.54, 1.807) is 7.11 Å². The van der Waals surface area contributed by atoms with Gasteiger partial charge in [0, 0.05) is 26.2 Å². The first-order valence-electron chi connectivity index (χ1n) is 7.01. The lowest BCUT2D eigenvalue weighted by atomic mass is 10.1. The molecule has 0 aliphatic rings. The summed E-state index contributed by atoms with van der Waals surface area (Å²) in [4.78, 5) is 6.77. The molecule has 0 rings (SSSR count). The van der Waals surface area contributed by atoms with Crippen LogP contribution in [-0.4, -0.2) is 43.7 Å². The third kappa shape index (κ3) is 6.21. The molecule has 0 aromatic heterocycles. The fraction of sp³-hybridized carbons (Fsp3) is 0.923. The van der Waals surface area contributed by atoms with Gasteiger partial charge < -0.3 is 9.64 Å². The van der Waals surface area contributed by atoms with Gasteiger partial charge in [0.1, 0.15) is 0 Å². The zero-order chi connectivity index (χ0) is 13.8. The first-order valence-corrected chi connectivity index (χ1v) is 7.01. The molecule has 0 bridgehead atoms. The van der Waals surface area contributed by atoms with Gasteiger partial charge in [-0.1, -0.05) is 27.2 Å². The number of nitrogens with two attached hydrogens (primary N) is 1. The summed E-state index contributed by atoms with van der Waals surface area (Å²) in [5, 5.41) is 0. The maximum atomic E-state index is 5.61. The molecule has 0 radical (unpaired) electrons. The number of guanidine groups is 1. The number of hydrazine groups is 1. The van der Waals surface area contributed by atoms with E-state index in [-0.39, 0.29) is 0 Å². The van der Waals surface area contributed by atoms with Crippen LogP contribution in [0.15, 0.2) is 4.99 Å². The van der Waals surface area contributed by atoms with E-state index in [2.05, 4.69) is 36.1 Å². The molecule has 0 aliphatic carbocycles. The predicted molar refractivity (Wildman–Crippen MR) is 77.5 cm³/mol. The second kappa shape index (κ2) is 11.3. The van der Waals surface area contributed by atoms with Crippen molar-refractivity contribution < 1.29 is 4.74 Å². The van der Waals surface area contributed by atoms with E-state index in [9.17, 15) is 0 Å². The molecular formula is C13H30N4O. The van der Waals surface area contributed by atoms with E-state index in [1.807, 2.05) is 0 Å². The Bertz CT molecular complexity index is 217. The van der Waals surface area contributed by atoms with Crippen LogP contribution < -0.4 is 11.3 Å². The van der Waals surface area contributed by atoms with Gasteiger partial charge in [-0.15, -0.1) is 0 Å². The fourth-order valence-corrected chi connectivity index (χ4v) is 1.94. The normalized spacial score (nSPS) is 12.0. The highest BCUT2D eigenvalue weighted by molar-refractivity contribution is 5.79. The van der Waals surface area contributed by atoms with Crippen molar-refractivity contribution in [3.8, 4) is 0 Å². The SMILES string of the molecule is CCCCN=C(NN)N(CCOC)C(CC)CC. The Balaban J connectivity index is 4.69. The van der Waals surface area contributed by atoms with Gasteiger partial charge in [-0.25, -0.2) is 5.84 Å². The van der Waals surface area contributed by atoms with E-state index >= 15 is 0 Å². The maximum absolute atomic E-state index is 5.61. The monoisotopic (exact) mass is 258 g/mol. The minimum Gasteiger partial charge on any atom is -0.383 e. The Morgan fingerprint density at radius 3 is 2.44 bits per heavy atom. The van der Waals surface area contributed by atoms with Crippen LogP contribution in [0.1, 0.15) is 46.5 Å². The van der Waals surface area contributed by atoms with Crippen LogP contribution in [0.4, 0.5) is 0 Å². The molecule has 0 saturated carbocycles. The molecule has 0 heterocycles. The summed E-state index contributed by atoms with van der Waals surface area (Å²) in [5.41, 5.74) is 2.74. The fourth-order valence-electron chi connectivity index (χ4n) is 1.94. The Kier molecular flexibility index (Phi) is 10.8. The second-order valence-corrected chi connectivity index (χ2v) is 4.36. The number of methoxy groups -OCH3 is 1. The first kappa shape index (κ1) is 17.2. The summed E-state index contributed by atoms with van der Waals surface area (Å²) in [5.74, 6) is 6.40. The molecule has 0 atom stereocenters. The quantitative estimate of drug-likeness (QED) is 0.217. The predicted octanol–water partition coefficient (Wildman–Crippen LogP) is 1.74. The summed E-state index contributed by atoms with van der Waals surface area (Å²) < 4.78 is 5.17. The lowest BCUT2D eigenvalue weighted by molar-refractivity contribution is 0.156. The lowest BCUT2D eigenvalue weighted by Gasteiger charge is -2.32. The molecule has 5 heteroatoms. The number of unbranched alkanes of at least 4 members (excludes halogenated alkanes) is 1. The zero-order valence-corrected chi connectivity index (χ0v) is 12.4. The van der Waals surface area contributed by atoms with Crippen molar-refractivity contribution >= 4 is 5.96 Å². The summed E-state index contributed by atoms with van der Waals surface area (Å²) in [6, 6.07) is 0.455. The van der Waals surface area contributed by atoms with E-state index in [0.717, 1.165) is 44.7 Å². The molecule has 0 amide bonds. The zero-order valence-electron chi connectivity index (χ0n) is 12.4. The number of nitrogens with one attached hydrogen (secondary N) is 1. The Labute approximate surface area is 112 Å². The van der Waals surface area contributed by atoms with Crippen molar-refractivity contribution in [3.05, 3.63) is 0 Å². The van der Waals surface area contributed by atoms with Crippen molar-refractivity contribution in [3.63, 3.8) is 0 Å². The smallest absolute Gasteiger partial charge is 0.208 e. The van der Waals surface area contributed by atoms with Gasteiger partial charge >= 0.3 is 0 Å². The molecule has 0 aromatic carbocycles. The minimum atomic E-state index is 0.455. The number of aliphatic imine (C=N–C) groups is 1. The molecule has 108 valence electrons. The van der Waals surface area contributed by atoms with Crippen LogP contribution in [0.3, 0.4) is 0 Å². The molecule has 0 spiro atoms. The van der Waals surface area contributed by atoms with Crippen LogP contribution in [0.2, 0.25) is 0 Å². The van der Waals surface area contributed by atoms with E-state index < -0.39 is 0 Å². The summed E-state index contributed by atoms with van der Waals surface area (Å²) in [6.07, 6.45) is 4.39. The Morgan fingerprint density at radius 2 is 2.00 bits per heavy atom. The van der Waals surface area contributed by atoms with Crippen LogP contribution in [0, 0.1) is 0 Å². The highest BCUT2D eigenvalue weighted by Crippen LogP contribution is 2.09. The van der Waals surface area contributed by atoms with Crippen molar-refractivity contribution in [1.29, 1.82) is 0 Å². The van der Waals surface area contributed by atoms with Crippen molar-refractivity contribution in [2.24, 2.45) is 10.8 Å². The minimum absolute atomic E-state index is 0.455. The number of hydrogen-bond acceptors (Lipinski definition) is 3. The van der Waals surface area contributed by atoms with Gasteiger partial charge in [0.25, 0.3) is 0 Å². The van der Waals surface area contributed by atoms with Crippen molar-refractivity contribution in [1.82, 2.24) is 10.3 Å². The van der Waals surface area contributed by atoms with Crippen LogP contribution >= 0.6 is 0 Å². The van der Waals surface area contributed by atoms with Crippen LogP contribution in [0.25, 0.3) is 0 Å². The van der Waals surface area contributed by atoms with E-state index in [0.29, 0.717) is 12.6 Å². The average molecular weight is 258 g/mol. The Morgan fingerprint density at radius 1 is 1.33 bits per heavy atom. The maximum Gasteiger partial charge on any atom is 0.208 e. The topological polar surface area (TPSA) is 62.9 Å². The Hall–Kier alpha value is -0.810. The summed E-state index contributed by atoms with van der Waals surface area (Å²) in [6.45, 7) is 8.86. The van der Waals surface area contributed by atoms with Crippen LogP contribution in [0.5, 0.6) is 0 Å². The molecule has 0 fully saturated rings. The molecule has 5 nitrogen and oxygen atoms in total. The molecule has 0 saturated heterocycles. The van der Waals surface area contributed by atoms with E-state index in [1.165, 1.54) is 0 Å². The van der Waals surface area contributed by atoms with Gasteiger partial charge in [0.2, 0.25) is 5.96 Å². The summed E-state index contributed by atoms with van der Waals surface area (Å²) in [7, 11) is 1.72. The third-order valence-corrected chi connectivity index (χ3v) is 3.09. The molecular weight excluding hydrogens is 228 g/mol. The largest absolute Gasteiger partial charge is 0.383 e. The number of ether oxygens (including phenoxy) is 1. The van der Waals surface area contributed by atoms with Gasteiger partial charge in [-0.2, -0.15) is 0 Å². The van der Waals surface area contributed by atoms with Crippen molar-refractivity contribution in [2.75, 3.05) is 26.8 Å². The number of nitrogens with zero attached hydrogens (tertiary/aromatic N) is 2. The molecule has 18 heavy (non-hydrogen) atoms. The number of hydrogen-bond donors (Lipinski definition) is 2. The van der Waals surface area contributed by atoms with Gasteiger partial charge in [-0.05, 0) is 19.3 Å². The second-order valence-electron chi connectivity index (χ2n) is 4.36.